The molecule has 0 radical (unpaired) electrons. The Bertz CT molecular complexity index is 944. The maximum atomic E-state index is 12.3. The van der Waals surface area contributed by atoms with Gasteiger partial charge in [-0.05, 0) is 24.3 Å². The van der Waals surface area contributed by atoms with Crippen LogP contribution in [-0.4, -0.2) is 30.3 Å². The molecule has 0 fully saturated rings. The third-order valence-electron chi connectivity index (χ3n) is 3.84. The van der Waals surface area contributed by atoms with Crippen molar-refractivity contribution in [3.05, 3.63) is 65.3 Å². The van der Waals surface area contributed by atoms with Crippen molar-refractivity contribution in [3.8, 4) is 11.5 Å². The third kappa shape index (κ3) is 3.23. The maximum Gasteiger partial charge on any atom is 0.358 e. The highest BCUT2D eigenvalue weighted by Crippen LogP contribution is 2.31. The zero-order chi connectivity index (χ0) is 17.2. The molecule has 1 aromatic heterocycles. The summed E-state index contributed by atoms with van der Waals surface area (Å²) in [7, 11) is 0. The van der Waals surface area contributed by atoms with Crippen molar-refractivity contribution in [2.24, 2.45) is 0 Å². The Morgan fingerprint density at radius 2 is 1.92 bits per heavy atom. The topological polar surface area (TPSA) is 57.7 Å². The minimum atomic E-state index is -0.585. The lowest BCUT2D eigenvalue weighted by Gasteiger charge is -2.26. The molecule has 1 unspecified atom stereocenters. The predicted molar refractivity (Wildman–Crippen MR) is 93.4 cm³/mol. The first kappa shape index (κ1) is 15.7. The van der Waals surface area contributed by atoms with Gasteiger partial charge in [0.2, 0.25) is 0 Å². The van der Waals surface area contributed by atoms with Gasteiger partial charge in [0.25, 0.3) is 0 Å². The largest absolute Gasteiger partial charge is 0.486 e. The lowest BCUT2D eigenvalue weighted by atomic mass is 10.2. The standard InChI is InChI=1S/C19H14ClNO4/c20-14-9-12-5-1-2-6-15(12)21-18(14)19(22)24-11-13-10-23-16-7-3-4-8-17(16)25-13/h1-9,13H,10-11H2. The highest BCUT2D eigenvalue weighted by atomic mass is 35.5. The van der Waals surface area contributed by atoms with E-state index < -0.39 is 5.97 Å². The molecule has 25 heavy (non-hydrogen) atoms. The second-order valence-electron chi connectivity index (χ2n) is 5.61. The summed E-state index contributed by atoms with van der Waals surface area (Å²) in [5, 5.41) is 1.12. The number of hydrogen-bond acceptors (Lipinski definition) is 5. The fraction of sp³-hybridized carbons (Fsp3) is 0.158. The number of fused-ring (bicyclic) bond motifs is 2. The van der Waals surface area contributed by atoms with Crippen molar-refractivity contribution < 1.29 is 19.0 Å². The Kier molecular flexibility index (Phi) is 4.15. The molecule has 0 bridgehead atoms. The van der Waals surface area contributed by atoms with Gasteiger partial charge >= 0.3 is 5.97 Å². The van der Waals surface area contributed by atoms with E-state index in [1.807, 2.05) is 48.5 Å². The summed E-state index contributed by atoms with van der Waals surface area (Å²) in [6.45, 7) is 0.362. The van der Waals surface area contributed by atoms with Crippen LogP contribution in [0.25, 0.3) is 10.9 Å². The smallest absolute Gasteiger partial charge is 0.358 e. The van der Waals surface area contributed by atoms with Gasteiger partial charge in [-0.3, -0.25) is 0 Å². The quantitative estimate of drug-likeness (QED) is 0.667. The van der Waals surface area contributed by atoms with Gasteiger partial charge in [-0.2, -0.15) is 0 Å². The summed E-state index contributed by atoms with van der Waals surface area (Å²) in [5.41, 5.74) is 0.780. The molecule has 2 aromatic carbocycles. The van der Waals surface area contributed by atoms with E-state index >= 15 is 0 Å². The van der Waals surface area contributed by atoms with Crippen LogP contribution in [0, 0.1) is 0 Å². The fourth-order valence-corrected chi connectivity index (χ4v) is 2.85. The number of para-hydroxylation sites is 3. The lowest BCUT2D eigenvalue weighted by Crippen LogP contribution is -2.34. The molecule has 0 saturated heterocycles. The van der Waals surface area contributed by atoms with Gasteiger partial charge in [0.1, 0.15) is 13.2 Å². The molecule has 0 saturated carbocycles. The lowest BCUT2D eigenvalue weighted by molar-refractivity contribution is 0.0106. The minimum Gasteiger partial charge on any atom is -0.486 e. The van der Waals surface area contributed by atoms with E-state index in [9.17, 15) is 4.79 Å². The Balaban J connectivity index is 1.45. The molecule has 1 aliphatic heterocycles. The van der Waals surface area contributed by atoms with Crippen LogP contribution < -0.4 is 9.47 Å². The zero-order valence-corrected chi connectivity index (χ0v) is 13.9. The molecule has 5 nitrogen and oxygen atoms in total. The van der Waals surface area contributed by atoms with E-state index in [1.165, 1.54) is 0 Å². The van der Waals surface area contributed by atoms with Crippen molar-refractivity contribution in [3.63, 3.8) is 0 Å². The van der Waals surface area contributed by atoms with E-state index in [4.69, 9.17) is 25.8 Å². The van der Waals surface area contributed by atoms with Crippen LogP contribution in [0.2, 0.25) is 5.02 Å². The number of carbonyl (C=O) groups is 1. The van der Waals surface area contributed by atoms with Crippen LogP contribution >= 0.6 is 11.6 Å². The van der Waals surface area contributed by atoms with Gasteiger partial charge < -0.3 is 14.2 Å². The molecule has 1 atom stereocenters. The minimum absolute atomic E-state index is 0.0536. The zero-order valence-electron chi connectivity index (χ0n) is 13.1. The molecule has 0 aliphatic carbocycles. The number of benzene rings is 2. The second kappa shape index (κ2) is 6.61. The van der Waals surface area contributed by atoms with Crippen LogP contribution in [0.3, 0.4) is 0 Å². The normalized spacial score (nSPS) is 15.8. The fourth-order valence-electron chi connectivity index (χ4n) is 2.62. The molecule has 0 spiro atoms. The SMILES string of the molecule is O=C(OCC1COc2ccccc2O1)c1nc2ccccc2cc1Cl. The van der Waals surface area contributed by atoms with Gasteiger partial charge in [-0.25, -0.2) is 9.78 Å². The van der Waals surface area contributed by atoms with Crippen molar-refractivity contribution in [1.82, 2.24) is 4.98 Å². The van der Waals surface area contributed by atoms with Crippen LogP contribution in [0.5, 0.6) is 11.5 Å². The second-order valence-corrected chi connectivity index (χ2v) is 6.01. The van der Waals surface area contributed by atoms with Gasteiger partial charge in [-0.1, -0.05) is 41.9 Å². The first-order valence-corrected chi connectivity index (χ1v) is 8.19. The molecular weight excluding hydrogens is 342 g/mol. The summed E-state index contributed by atoms with van der Waals surface area (Å²) in [6, 6.07) is 16.5. The van der Waals surface area contributed by atoms with Gasteiger partial charge in [0, 0.05) is 5.39 Å². The van der Waals surface area contributed by atoms with Crippen LogP contribution in [0.4, 0.5) is 0 Å². The molecule has 4 rings (SSSR count). The Hall–Kier alpha value is -2.79. The monoisotopic (exact) mass is 355 g/mol. The van der Waals surface area contributed by atoms with Gasteiger partial charge in [-0.15, -0.1) is 0 Å². The van der Waals surface area contributed by atoms with Crippen LogP contribution in [-0.2, 0) is 4.74 Å². The number of esters is 1. The Labute approximate surface area is 149 Å². The van der Waals surface area contributed by atoms with Gasteiger partial charge in [0.15, 0.2) is 23.3 Å². The number of pyridine rings is 1. The molecular formula is C19H14ClNO4. The number of nitrogens with zero attached hydrogens (tertiary/aromatic N) is 1. The highest BCUT2D eigenvalue weighted by molar-refractivity contribution is 6.34. The van der Waals surface area contributed by atoms with Crippen molar-refractivity contribution in [2.75, 3.05) is 13.2 Å². The Morgan fingerprint density at radius 3 is 2.80 bits per heavy atom. The molecule has 0 amide bonds. The predicted octanol–water partition coefficient (Wildman–Crippen LogP) is 3.89. The van der Waals surface area contributed by atoms with E-state index in [-0.39, 0.29) is 23.4 Å². The summed E-state index contributed by atoms with van der Waals surface area (Å²) in [6.07, 6.45) is -0.377. The van der Waals surface area contributed by atoms with E-state index in [0.717, 1.165) is 5.39 Å². The first-order valence-electron chi connectivity index (χ1n) is 7.81. The van der Waals surface area contributed by atoms with Crippen molar-refractivity contribution in [2.45, 2.75) is 6.10 Å². The van der Waals surface area contributed by atoms with E-state index in [0.29, 0.717) is 23.6 Å². The summed E-state index contributed by atoms with van der Waals surface area (Å²) < 4.78 is 16.7. The number of ether oxygens (including phenoxy) is 3. The van der Waals surface area contributed by atoms with E-state index in [2.05, 4.69) is 4.98 Å². The number of rotatable bonds is 3. The average Bonchev–Trinajstić information content (AvgIpc) is 2.65. The third-order valence-corrected chi connectivity index (χ3v) is 4.13. The average molecular weight is 356 g/mol. The molecule has 126 valence electrons. The number of aromatic nitrogens is 1. The molecule has 1 aliphatic rings. The maximum absolute atomic E-state index is 12.3. The number of hydrogen-bond donors (Lipinski definition) is 0. The van der Waals surface area contributed by atoms with E-state index in [1.54, 1.807) is 6.07 Å². The molecule has 6 heteroatoms. The Morgan fingerprint density at radius 1 is 1.16 bits per heavy atom. The summed E-state index contributed by atoms with van der Waals surface area (Å²) in [5.74, 6) is 0.735. The first-order chi connectivity index (χ1) is 12.2. The molecule has 3 aromatic rings. The number of halogens is 1. The van der Waals surface area contributed by atoms with Crippen LogP contribution in [0.1, 0.15) is 10.5 Å². The molecule has 0 N–H and O–H groups in total. The number of carbonyl (C=O) groups excluding carboxylic acids is 1. The summed E-state index contributed by atoms with van der Waals surface area (Å²) >= 11 is 6.17. The summed E-state index contributed by atoms with van der Waals surface area (Å²) in [4.78, 5) is 16.6. The van der Waals surface area contributed by atoms with Crippen molar-refractivity contribution in [1.29, 1.82) is 0 Å². The van der Waals surface area contributed by atoms with Crippen LogP contribution in [0.15, 0.2) is 54.6 Å². The van der Waals surface area contributed by atoms with Gasteiger partial charge in [0.05, 0.1) is 10.5 Å². The highest BCUT2D eigenvalue weighted by Gasteiger charge is 2.23. The molecule has 2 heterocycles. The van der Waals surface area contributed by atoms with Crippen molar-refractivity contribution >= 4 is 28.5 Å².